The lowest BCUT2D eigenvalue weighted by atomic mass is 10.1. The summed E-state index contributed by atoms with van der Waals surface area (Å²) in [7, 11) is 1.67. The van der Waals surface area contributed by atoms with Crippen LogP contribution in [-0.4, -0.2) is 60.4 Å². The lowest BCUT2D eigenvalue weighted by Crippen LogP contribution is -2.42. The fourth-order valence-electron chi connectivity index (χ4n) is 3.29. The maximum Gasteiger partial charge on any atom is 0.409 e. The minimum absolute atomic E-state index is 0.226. The van der Waals surface area contributed by atoms with Gasteiger partial charge in [-0.05, 0) is 43.9 Å². The van der Waals surface area contributed by atoms with Crippen LogP contribution in [0, 0.1) is 0 Å². The number of aromatic nitrogens is 2. The molecule has 0 aliphatic carbocycles. The molecule has 1 aromatic carbocycles. The normalized spacial score (nSPS) is 14.3. The highest BCUT2D eigenvalue weighted by atomic mass is 16.6. The predicted octanol–water partition coefficient (Wildman–Crippen LogP) is 3.17. The summed E-state index contributed by atoms with van der Waals surface area (Å²) >= 11 is 0. The number of hydrogen-bond donors (Lipinski definition) is 2. The molecule has 1 aliphatic rings. The third-order valence-electron chi connectivity index (χ3n) is 4.92. The molecule has 1 saturated heterocycles. The van der Waals surface area contributed by atoms with Crippen LogP contribution in [0.5, 0.6) is 5.75 Å². The molecular weight excluding hydrogens is 370 g/mol. The molecule has 1 fully saturated rings. The van der Waals surface area contributed by atoms with Crippen LogP contribution in [0.1, 0.15) is 25.3 Å². The molecule has 1 aromatic heterocycles. The Bertz CT molecular complexity index is 776. The molecule has 0 unspecified atom stereocenters. The summed E-state index contributed by atoms with van der Waals surface area (Å²) in [6, 6.07) is 10.3. The number of hydrogen-bond acceptors (Lipinski definition) is 7. The Labute approximate surface area is 171 Å². The Morgan fingerprint density at radius 3 is 2.59 bits per heavy atom. The van der Waals surface area contributed by atoms with Crippen LogP contribution in [0.2, 0.25) is 0 Å². The number of piperidine rings is 1. The molecule has 2 N–H and O–H groups in total. The molecular formula is C21H29N5O3. The van der Waals surface area contributed by atoms with Gasteiger partial charge in [0.1, 0.15) is 23.7 Å². The van der Waals surface area contributed by atoms with Gasteiger partial charge in [0, 0.05) is 31.7 Å². The van der Waals surface area contributed by atoms with Crippen molar-refractivity contribution in [1.29, 1.82) is 0 Å². The molecule has 2 aromatic rings. The van der Waals surface area contributed by atoms with E-state index in [0.29, 0.717) is 19.7 Å². The second-order valence-electron chi connectivity index (χ2n) is 6.92. The van der Waals surface area contributed by atoms with E-state index in [2.05, 4.69) is 32.7 Å². The Hall–Kier alpha value is -3.03. The second-order valence-corrected chi connectivity index (χ2v) is 6.92. The summed E-state index contributed by atoms with van der Waals surface area (Å²) in [6.45, 7) is 4.39. The first-order chi connectivity index (χ1) is 14.2. The third-order valence-corrected chi connectivity index (χ3v) is 4.92. The summed E-state index contributed by atoms with van der Waals surface area (Å²) in [5.74, 6) is 2.45. The standard InChI is InChI=1S/C21H29N5O3/c1-3-29-21(27)26-12-9-17(10-13-26)25-20-14-19(23-15-24-20)22-11-8-16-4-6-18(28-2)7-5-16/h4-7,14-15,17H,3,8-13H2,1-2H3,(H2,22,23,24,25). The predicted molar refractivity (Wildman–Crippen MR) is 112 cm³/mol. The fourth-order valence-corrected chi connectivity index (χ4v) is 3.29. The van der Waals surface area contributed by atoms with E-state index in [9.17, 15) is 4.79 Å². The average molecular weight is 399 g/mol. The average Bonchev–Trinajstić information content (AvgIpc) is 2.75. The zero-order valence-electron chi connectivity index (χ0n) is 17.1. The van der Waals surface area contributed by atoms with Crippen LogP contribution >= 0.6 is 0 Å². The van der Waals surface area contributed by atoms with Crippen molar-refractivity contribution in [2.45, 2.75) is 32.2 Å². The Morgan fingerprint density at radius 1 is 1.17 bits per heavy atom. The number of rotatable bonds is 8. The molecule has 1 aliphatic heterocycles. The Morgan fingerprint density at radius 2 is 1.90 bits per heavy atom. The van der Waals surface area contributed by atoms with Gasteiger partial charge in [0.15, 0.2) is 0 Å². The Balaban J connectivity index is 1.44. The molecule has 2 heterocycles. The van der Waals surface area contributed by atoms with Crippen molar-refractivity contribution < 1.29 is 14.3 Å². The van der Waals surface area contributed by atoms with E-state index in [1.54, 1.807) is 18.3 Å². The van der Waals surface area contributed by atoms with E-state index >= 15 is 0 Å². The third kappa shape index (κ3) is 6.23. The zero-order chi connectivity index (χ0) is 20.5. The molecule has 1 amide bonds. The van der Waals surface area contributed by atoms with E-state index in [1.165, 1.54) is 5.56 Å². The number of carbonyl (C=O) groups is 1. The smallest absolute Gasteiger partial charge is 0.409 e. The largest absolute Gasteiger partial charge is 0.497 e. The molecule has 0 bridgehead atoms. The summed E-state index contributed by atoms with van der Waals surface area (Å²) in [4.78, 5) is 22.2. The molecule has 156 valence electrons. The fraction of sp³-hybridized carbons (Fsp3) is 0.476. The number of anilines is 2. The van der Waals surface area contributed by atoms with E-state index in [4.69, 9.17) is 9.47 Å². The van der Waals surface area contributed by atoms with Crippen molar-refractivity contribution >= 4 is 17.7 Å². The van der Waals surface area contributed by atoms with Crippen LogP contribution in [0.15, 0.2) is 36.7 Å². The number of benzene rings is 1. The molecule has 3 rings (SSSR count). The molecule has 0 saturated carbocycles. The number of amides is 1. The SMILES string of the molecule is CCOC(=O)N1CCC(Nc2cc(NCCc3ccc(OC)cc3)ncn2)CC1. The quantitative estimate of drug-likeness (QED) is 0.705. The van der Waals surface area contributed by atoms with Crippen molar-refractivity contribution in [2.75, 3.05) is 44.0 Å². The monoisotopic (exact) mass is 399 g/mol. The first-order valence-corrected chi connectivity index (χ1v) is 10.0. The van der Waals surface area contributed by atoms with E-state index < -0.39 is 0 Å². The topological polar surface area (TPSA) is 88.6 Å². The number of nitrogens with zero attached hydrogens (tertiary/aromatic N) is 3. The van der Waals surface area contributed by atoms with Crippen LogP contribution in [0.4, 0.5) is 16.4 Å². The van der Waals surface area contributed by atoms with Crippen molar-refractivity contribution in [3.8, 4) is 5.75 Å². The summed E-state index contributed by atoms with van der Waals surface area (Å²) in [6.07, 6.45) is 3.96. The summed E-state index contributed by atoms with van der Waals surface area (Å²) in [5, 5.41) is 6.79. The van der Waals surface area contributed by atoms with Crippen LogP contribution < -0.4 is 15.4 Å². The number of nitrogens with one attached hydrogen (secondary N) is 2. The molecule has 0 spiro atoms. The second kappa shape index (κ2) is 10.5. The van der Waals surface area contributed by atoms with Gasteiger partial charge in [-0.3, -0.25) is 0 Å². The number of methoxy groups -OCH3 is 1. The van der Waals surface area contributed by atoms with Gasteiger partial charge in [-0.15, -0.1) is 0 Å². The van der Waals surface area contributed by atoms with Crippen molar-refractivity contribution in [3.05, 3.63) is 42.2 Å². The summed E-state index contributed by atoms with van der Waals surface area (Å²) in [5.41, 5.74) is 1.24. The molecule has 29 heavy (non-hydrogen) atoms. The van der Waals surface area contributed by atoms with Crippen molar-refractivity contribution in [3.63, 3.8) is 0 Å². The zero-order valence-corrected chi connectivity index (χ0v) is 17.1. The highest BCUT2D eigenvalue weighted by molar-refractivity contribution is 5.67. The maximum atomic E-state index is 11.8. The minimum Gasteiger partial charge on any atom is -0.497 e. The van der Waals surface area contributed by atoms with Crippen LogP contribution in [0.25, 0.3) is 0 Å². The Kier molecular flexibility index (Phi) is 7.49. The lowest BCUT2D eigenvalue weighted by molar-refractivity contribution is 0.0983. The maximum absolute atomic E-state index is 11.8. The first-order valence-electron chi connectivity index (χ1n) is 10.0. The van der Waals surface area contributed by atoms with Crippen molar-refractivity contribution in [1.82, 2.24) is 14.9 Å². The molecule has 8 heteroatoms. The molecule has 8 nitrogen and oxygen atoms in total. The van der Waals surface area contributed by atoms with E-state index in [0.717, 1.165) is 43.2 Å². The molecule has 0 radical (unpaired) electrons. The van der Waals surface area contributed by atoms with Gasteiger partial charge in [-0.25, -0.2) is 14.8 Å². The van der Waals surface area contributed by atoms with Gasteiger partial charge in [-0.2, -0.15) is 0 Å². The van der Waals surface area contributed by atoms with Gasteiger partial charge < -0.3 is 25.0 Å². The van der Waals surface area contributed by atoms with E-state index in [-0.39, 0.29) is 12.1 Å². The van der Waals surface area contributed by atoms with Crippen LogP contribution in [0.3, 0.4) is 0 Å². The number of likely N-dealkylation sites (tertiary alicyclic amines) is 1. The van der Waals surface area contributed by atoms with Gasteiger partial charge in [0.05, 0.1) is 13.7 Å². The first kappa shape index (κ1) is 20.7. The summed E-state index contributed by atoms with van der Waals surface area (Å²) < 4.78 is 10.2. The van der Waals surface area contributed by atoms with Crippen molar-refractivity contribution in [2.24, 2.45) is 0 Å². The lowest BCUT2D eigenvalue weighted by Gasteiger charge is -2.31. The minimum atomic E-state index is -0.226. The van der Waals surface area contributed by atoms with Crippen LogP contribution in [-0.2, 0) is 11.2 Å². The number of ether oxygens (including phenoxy) is 2. The van der Waals surface area contributed by atoms with Gasteiger partial charge in [0.2, 0.25) is 0 Å². The number of carbonyl (C=O) groups excluding carboxylic acids is 1. The molecule has 0 atom stereocenters. The van der Waals surface area contributed by atoms with Gasteiger partial charge in [0.25, 0.3) is 0 Å². The van der Waals surface area contributed by atoms with Gasteiger partial charge >= 0.3 is 6.09 Å². The van der Waals surface area contributed by atoms with E-state index in [1.807, 2.05) is 25.1 Å². The van der Waals surface area contributed by atoms with Gasteiger partial charge in [-0.1, -0.05) is 12.1 Å². The highest BCUT2D eigenvalue weighted by Crippen LogP contribution is 2.17. The highest BCUT2D eigenvalue weighted by Gasteiger charge is 2.23.